The largest absolute Gasteiger partial charge is 0.430 e. The van der Waals surface area contributed by atoms with Gasteiger partial charge in [-0.3, -0.25) is 0 Å². The summed E-state index contributed by atoms with van der Waals surface area (Å²) < 4.78 is 10.3. The van der Waals surface area contributed by atoms with Crippen LogP contribution >= 0.6 is 0 Å². The maximum atomic E-state index is 5.18. The zero-order valence-electron chi connectivity index (χ0n) is 8.86. The van der Waals surface area contributed by atoms with E-state index < -0.39 is 0 Å². The van der Waals surface area contributed by atoms with Crippen molar-refractivity contribution in [3.05, 3.63) is 31.2 Å². The van der Waals surface area contributed by atoms with Crippen molar-refractivity contribution in [2.45, 2.75) is 0 Å². The molecule has 0 aliphatic heterocycles. The smallest absolute Gasteiger partial charge is 0.286 e. The van der Waals surface area contributed by atoms with E-state index in [0.29, 0.717) is 28.3 Å². The molecule has 4 rings (SSSR count). The quantitative estimate of drug-likeness (QED) is 0.497. The summed E-state index contributed by atoms with van der Waals surface area (Å²) in [5, 5.41) is 0. The van der Waals surface area contributed by atoms with Crippen LogP contribution in [0.2, 0.25) is 0 Å². The third-order valence-corrected chi connectivity index (χ3v) is 2.52. The van der Waals surface area contributed by atoms with Gasteiger partial charge in [-0.2, -0.15) is 9.97 Å². The molecule has 18 heavy (non-hydrogen) atoms. The minimum Gasteiger partial charge on any atom is -0.430 e. The molecule has 7 heteroatoms. The molecular formula is C11H4N5O2. The number of rotatable bonds is 1. The van der Waals surface area contributed by atoms with Crippen molar-refractivity contribution in [3.8, 4) is 11.3 Å². The molecule has 0 aliphatic rings. The lowest BCUT2D eigenvalue weighted by Crippen LogP contribution is -1.88. The summed E-state index contributed by atoms with van der Waals surface area (Å²) in [6.07, 6.45) is 6.94. The molecule has 0 saturated carbocycles. The van der Waals surface area contributed by atoms with Crippen molar-refractivity contribution >= 4 is 22.6 Å². The topological polar surface area (TPSA) is 90.7 Å². The van der Waals surface area contributed by atoms with Crippen LogP contribution in [0.1, 0.15) is 0 Å². The fourth-order valence-corrected chi connectivity index (χ4v) is 1.72. The lowest BCUT2D eigenvalue weighted by Gasteiger charge is -1.99. The van der Waals surface area contributed by atoms with Gasteiger partial charge in [-0.05, 0) is 6.07 Å². The van der Waals surface area contributed by atoms with E-state index in [2.05, 4.69) is 31.3 Å². The van der Waals surface area contributed by atoms with Crippen molar-refractivity contribution in [1.82, 2.24) is 24.9 Å². The highest BCUT2D eigenvalue weighted by molar-refractivity contribution is 5.86. The monoisotopic (exact) mass is 238 g/mol. The van der Waals surface area contributed by atoms with Gasteiger partial charge in [0.1, 0.15) is 0 Å². The van der Waals surface area contributed by atoms with Crippen LogP contribution in [0, 0.1) is 6.39 Å². The Kier molecular flexibility index (Phi) is 1.71. The summed E-state index contributed by atoms with van der Waals surface area (Å²) in [6, 6.07) is 1.77. The Morgan fingerprint density at radius 1 is 1.11 bits per heavy atom. The average molecular weight is 238 g/mol. The minimum absolute atomic E-state index is 0.376. The normalized spacial score (nSPS) is 11.3. The molecule has 0 bridgehead atoms. The van der Waals surface area contributed by atoms with Crippen LogP contribution in [0.25, 0.3) is 33.8 Å². The van der Waals surface area contributed by atoms with Gasteiger partial charge < -0.3 is 8.83 Å². The number of hydrogen-bond donors (Lipinski definition) is 0. The molecule has 85 valence electrons. The van der Waals surface area contributed by atoms with Gasteiger partial charge in [0.05, 0.1) is 17.5 Å². The molecule has 7 nitrogen and oxygen atoms in total. The summed E-state index contributed by atoms with van der Waals surface area (Å²) in [5.74, 6) is 0. The summed E-state index contributed by atoms with van der Waals surface area (Å²) in [6.45, 7) is 0. The van der Waals surface area contributed by atoms with Gasteiger partial charge in [0, 0.05) is 6.20 Å². The lowest BCUT2D eigenvalue weighted by atomic mass is 10.2. The maximum absolute atomic E-state index is 5.18. The van der Waals surface area contributed by atoms with E-state index in [-0.39, 0.29) is 0 Å². The molecule has 0 amide bonds. The van der Waals surface area contributed by atoms with Gasteiger partial charge in [-0.25, -0.2) is 15.0 Å². The fraction of sp³-hybridized carbons (Fsp3) is 0. The summed E-state index contributed by atoms with van der Waals surface area (Å²) in [7, 11) is 0. The molecule has 0 unspecified atom stereocenters. The van der Waals surface area contributed by atoms with Gasteiger partial charge >= 0.3 is 0 Å². The van der Waals surface area contributed by atoms with Crippen molar-refractivity contribution in [3.63, 3.8) is 0 Å². The molecule has 4 heterocycles. The Morgan fingerprint density at radius 3 is 3.11 bits per heavy atom. The molecule has 0 aliphatic carbocycles. The molecule has 0 N–H and O–H groups in total. The van der Waals surface area contributed by atoms with Crippen LogP contribution in [0.15, 0.2) is 33.7 Å². The summed E-state index contributed by atoms with van der Waals surface area (Å²) in [4.78, 5) is 20.3. The Labute approximate surface area is 99.5 Å². The zero-order chi connectivity index (χ0) is 11.9. The van der Waals surface area contributed by atoms with Gasteiger partial charge in [-0.1, -0.05) is 0 Å². The van der Waals surface area contributed by atoms with E-state index in [1.807, 2.05) is 0 Å². The Bertz CT molecular complexity index is 851. The third-order valence-electron chi connectivity index (χ3n) is 2.52. The first kappa shape index (κ1) is 9.23. The second-order valence-corrected chi connectivity index (χ2v) is 3.55. The van der Waals surface area contributed by atoms with Crippen molar-refractivity contribution < 1.29 is 8.83 Å². The molecule has 4 aromatic heterocycles. The van der Waals surface area contributed by atoms with Crippen molar-refractivity contribution in [2.75, 3.05) is 0 Å². The van der Waals surface area contributed by atoms with Gasteiger partial charge in [0.15, 0.2) is 17.6 Å². The predicted octanol–water partition coefficient (Wildman–Crippen LogP) is 1.62. The molecule has 0 saturated heterocycles. The second kappa shape index (κ2) is 3.33. The fourth-order valence-electron chi connectivity index (χ4n) is 1.72. The number of hydrogen-bond acceptors (Lipinski definition) is 7. The Morgan fingerprint density at radius 2 is 2.11 bits per heavy atom. The van der Waals surface area contributed by atoms with Gasteiger partial charge in [0.2, 0.25) is 5.65 Å². The number of nitrogens with zero attached hydrogens (tertiary/aromatic N) is 5. The first-order valence-corrected chi connectivity index (χ1v) is 5.10. The van der Waals surface area contributed by atoms with Crippen molar-refractivity contribution in [1.29, 1.82) is 0 Å². The highest BCUT2D eigenvalue weighted by Gasteiger charge is 2.12. The first-order valence-electron chi connectivity index (χ1n) is 5.10. The molecule has 0 fully saturated rings. The number of aromatic nitrogens is 5. The average Bonchev–Trinajstić information content (AvgIpc) is 3.05. The lowest BCUT2D eigenvalue weighted by molar-refractivity contribution is 0.589. The standard InChI is InChI=1S/C11H4N5O2/c1-2-12-9-8(17-4-14-9)6(1)7-3-13-10-11(16-7)18-5-15-10/h1-3,5H. The van der Waals surface area contributed by atoms with E-state index in [1.165, 1.54) is 6.39 Å². The van der Waals surface area contributed by atoms with Crippen LogP contribution in [-0.2, 0) is 0 Å². The van der Waals surface area contributed by atoms with E-state index in [4.69, 9.17) is 8.83 Å². The molecule has 1 radical (unpaired) electrons. The Hall–Kier alpha value is -2.83. The van der Waals surface area contributed by atoms with Gasteiger partial charge in [0.25, 0.3) is 12.1 Å². The Balaban J connectivity index is 2.03. The van der Waals surface area contributed by atoms with Crippen LogP contribution in [0.3, 0.4) is 0 Å². The van der Waals surface area contributed by atoms with E-state index in [1.54, 1.807) is 18.5 Å². The number of pyridine rings is 1. The number of fused-ring (bicyclic) bond motifs is 2. The second-order valence-electron chi connectivity index (χ2n) is 3.55. The van der Waals surface area contributed by atoms with E-state index in [9.17, 15) is 0 Å². The van der Waals surface area contributed by atoms with E-state index >= 15 is 0 Å². The third kappa shape index (κ3) is 1.21. The van der Waals surface area contributed by atoms with Crippen molar-refractivity contribution in [2.24, 2.45) is 0 Å². The number of oxazole rings is 2. The summed E-state index contributed by atoms with van der Waals surface area (Å²) >= 11 is 0. The SMILES string of the molecule is [c]1nc2nccc(-c3cnc4ncoc4n3)c2o1. The molecule has 0 atom stereocenters. The van der Waals surface area contributed by atoms with Crippen LogP contribution in [0.5, 0.6) is 0 Å². The van der Waals surface area contributed by atoms with Crippen LogP contribution in [-0.4, -0.2) is 24.9 Å². The van der Waals surface area contributed by atoms with Gasteiger partial charge in [-0.15, -0.1) is 0 Å². The predicted molar refractivity (Wildman–Crippen MR) is 59.2 cm³/mol. The molecule has 4 aromatic rings. The van der Waals surface area contributed by atoms with Crippen LogP contribution < -0.4 is 0 Å². The minimum atomic E-state index is 0.376. The van der Waals surface area contributed by atoms with E-state index in [0.717, 1.165) is 5.56 Å². The molecular weight excluding hydrogens is 234 g/mol. The molecule has 0 spiro atoms. The highest BCUT2D eigenvalue weighted by atomic mass is 16.3. The molecule has 0 aromatic carbocycles. The first-order chi connectivity index (χ1) is 8.92. The summed E-state index contributed by atoms with van der Waals surface area (Å²) in [5.41, 5.74) is 3.18. The zero-order valence-corrected chi connectivity index (χ0v) is 8.86. The highest BCUT2D eigenvalue weighted by Crippen LogP contribution is 2.25. The van der Waals surface area contributed by atoms with Crippen LogP contribution in [0.4, 0.5) is 0 Å². The maximum Gasteiger partial charge on any atom is 0.286 e.